The normalized spacial score (nSPS) is 18.9. The van der Waals surface area contributed by atoms with E-state index in [-0.39, 0.29) is 17.6 Å². The number of para-hydroxylation sites is 2. The van der Waals surface area contributed by atoms with Crippen molar-refractivity contribution in [2.24, 2.45) is 0 Å². The first-order valence-corrected chi connectivity index (χ1v) is 12.4. The fraction of sp³-hybridized carbons (Fsp3) is 0.458. The lowest BCUT2D eigenvalue weighted by Gasteiger charge is -2.42. The van der Waals surface area contributed by atoms with Crippen molar-refractivity contribution in [1.82, 2.24) is 24.3 Å². The van der Waals surface area contributed by atoms with Crippen LogP contribution in [0.25, 0.3) is 11.0 Å². The van der Waals surface area contributed by atoms with Crippen LogP contribution < -0.4 is 5.69 Å². The number of carbonyl (C=O) groups is 1. The number of hydrogen-bond acceptors (Lipinski definition) is 5. The van der Waals surface area contributed by atoms with Gasteiger partial charge in [-0.25, -0.2) is 4.79 Å². The molecule has 3 aromatic rings. The van der Waals surface area contributed by atoms with E-state index < -0.39 is 0 Å². The first-order valence-electron chi connectivity index (χ1n) is 11.4. The number of thioether (sulfide) groups is 1. The van der Waals surface area contributed by atoms with E-state index in [1.54, 1.807) is 24.2 Å². The molecule has 1 aromatic carbocycles. The molecule has 2 aliphatic heterocycles. The molecule has 0 spiro atoms. The van der Waals surface area contributed by atoms with Crippen molar-refractivity contribution in [2.45, 2.75) is 42.7 Å². The summed E-state index contributed by atoms with van der Waals surface area (Å²) in [4.78, 5) is 37.8. The molecule has 0 radical (unpaired) electrons. The number of piperidine rings is 2. The molecule has 2 fully saturated rings. The SMILES string of the molecule is O=C(CSc1ccncc1)N1CCC(N2CCC(n3c(=O)[nH]c4ccccc43)CC2)CC1. The predicted octanol–water partition coefficient (Wildman–Crippen LogP) is 3.14. The monoisotopic (exact) mass is 451 g/mol. The highest BCUT2D eigenvalue weighted by atomic mass is 32.2. The molecule has 1 N–H and O–H groups in total. The number of hydrogen-bond donors (Lipinski definition) is 1. The summed E-state index contributed by atoms with van der Waals surface area (Å²) in [5.74, 6) is 0.710. The summed E-state index contributed by atoms with van der Waals surface area (Å²) < 4.78 is 1.95. The second-order valence-electron chi connectivity index (χ2n) is 8.67. The number of pyridine rings is 1. The number of aromatic nitrogens is 3. The lowest BCUT2D eigenvalue weighted by atomic mass is 9.97. The molecule has 0 aliphatic carbocycles. The number of aromatic amines is 1. The van der Waals surface area contributed by atoms with Gasteiger partial charge in [-0.2, -0.15) is 0 Å². The van der Waals surface area contributed by atoms with Crippen LogP contribution in [0, 0.1) is 0 Å². The number of nitrogens with zero attached hydrogens (tertiary/aromatic N) is 4. The molecule has 32 heavy (non-hydrogen) atoms. The van der Waals surface area contributed by atoms with Crippen molar-refractivity contribution in [3.63, 3.8) is 0 Å². The number of imidazole rings is 1. The van der Waals surface area contributed by atoms with Crippen LogP contribution in [0.1, 0.15) is 31.7 Å². The van der Waals surface area contributed by atoms with Gasteiger partial charge < -0.3 is 14.8 Å². The number of likely N-dealkylation sites (tertiary alicyclic amines) is 2. The van der Waals surface area contributed by atoms with Gasteiger partial charge in [0.05, 0.1) is 16.8 Å². The first kappa shape index (κ1) is 21.3. The average Bonchev–Trinajstić information content (AvgIpc) is 3.19. The molecule has 7 nitrogen and oxygen atoms in total. The Bertz CT molecular complexity index is 1110. The summed E-state index contributed by atoms with van der Waals surface area (Å²) in [6.07, 6.45) is 7.56. The minimum Gasteiger partial charge on any atom is -0.342 e. The van der Waals surface area contributed by atoms with Crippen molar-refractivity contribution >= 4 is 28.7 Å². The number of nitrogens with one attached hydrogen (secondary N) is 1. The van der Waals surface area contributed by atoms with E-state index in [2.05, 4.69) is 14.9 Å². The van der Waals surface area contributed by atoms with E-state index in [9.17, 15) is 9.59 Å². The molecule has 0 saturated carbocycles. The van der Waals surface area contributed by atoms with Gasteiger partial charge >= 0.3 is 5.69 Å². The Morgan fingerprint density at radius 3 is 2.41 bits per heavy atom. The molecule has 168 valence electrons. The zero-order valence-corrected chi connectivity index (χ0v) is 19.0. The molecule has 5 rings (SSSR count). The van der Waals surface area contributed by atoms with Crippen molar-refractivity contribution < 1.29 is 4.79 Å². The quantitative estimate of drug-likeness (QED) is 0.604. The summed E-state index contributed by atoms with van der Waals surface area (Å²) in [6.45, 7) is 3.69. The van der Waals surface area contributed by atoms with E-state index >= 15 is 0 Å². The third-order valence-electron chi connectivity index (χ3n) is 6.83. The first-order chi connectivity index (χ1) is 15.7. The van der Waals surface area contributed by atoms with E-state index in [4.69, 9.17) is 0 Å². The number of rotatable bonds is 5. The van der Waals surface area contributed by atoms with E-state index in [0.29, 0.717) is 11.8 Å². The summed E-state index contributed by atoms with van der Waals surface area (Å²) in [5.41, 5.74) is 1.92. The van der Waals surface area contributed by atoms with Crippen molar-refractivity contribution in [2.75, 3.05) is 31.9 Å². The van der Waals surface area contributed by atoms with Crippen molar-refractivity contribution in [3.05, 3.63) is 59.3 Å². The van der Waals surface area contributed by atoms with Crippen LogP contribution in [0.4, 0.5) is 0 Å². The van der Waals surface area contributed by atoms with Gasteiger partial charge in [-0.1, -0.05) is 12.1 Å². The smallest absolute Gasteiger partial charge is 0.326 e. The molecule has 0 unspecified atom stereocenters. The number of amides is 1. The Morgan fingerprint density at radius 1 is 0.969 bits per heavy atom. The highest BCUT2D eigenvalue weighted by Gasteiger charge is 2.30. The molecule has 0 bridgehead atoms. The zero-order chi connectivity index (χ0) is 21.9. The van der Waals surface area contributed by atoms with Crippen molar-refractivity contribution in [3.8, 4) is 0 Å². The molecule has 4 heterocycles. The number of carbonyl (C=O) groups excluding carboxylic acids is 1. The Kier molecular flexibility index (Phi) is 6.32. The Morgan fingerprint density at radius 2 is 1.66 bits per heavy atom. The van der Waals surface area contributed by atoms with Crippen LogP contribution >= 0.6 is 11.8 Å². The molecule has 2 aliphatic rings. The van der Waals surface area contributed by atoms with Crippen LogP contribution in [-0.2, 0) is 4.79 Å². The van der Waals surface area contributed by atoms with Gasteiger partial charge in [-0.05, 0) is 49.9 Å². The summed E-state index contributed by atoms with van der Waals surface area (Å²) in [7, 11) is 0. The number of benzene rings is 1. The maximum absolute atomic E-state index is 12.6. The third kappa shape index (κ3) is 4.47. The molecule has 2 aromatic heterocycles. The lowest BCUT2D eigenvalue weighted by Crippen LogP contribution is -2.49. The van der Waals surface area contributed by atoms with Crippen LogP contribution in [0.15, 0.2) is 58.5 Å². The van der Waals surface area contributed by atoms with Gasteiger partial charge in [-0.3, -0.25) is 14.3 Å². The highest BCUT2D eigenvalue weighted by molar-refractivity contribution is 8.00. The average molecular weight is 452 g/mol. The maximum atomic E-state index is 12.6. The molecule has 2 saturated heterocycles. The highest BCUT2D eigenvalue weighted by Crippen LogP contribution is 2.28. The molecule has 0 atom stereocenters. The van der Waals surface area contributed by atoms with Crippen LogP contribution in [0.2, 0.25) is 0 Å². The Hall–Kier alpha value is -2.58. The second kappa shape index (κ2) is 9.50. The third-order valence-corrected chi connectivity index (χ3v) is 7.83. The zero-order valence-electron chi connectivity index (χ0n) is 18.2. The summed E-state index contributed by atoms with van der Waals surface area (Å²) in [5, 5.41) is 0. The van der Waals surface area contributed by atoms with E-state index in [1.807, 2.05) is 45.9 Å². The maximum Gasteiger partial charge on any atom is 0.326 e. The summed E-state index contributed by atoms with van der Waals surface area (Å²) in [6, 6.07) is 12.6. The fourth-order valence-electron chi connectivity index (χ4n) is 5.10. The standard InChI is InChI=1S/C24H29N5O2S/c30-23(17-32-20-5-11-25-12-6-20)28-15-7-18(8-16-28)27-13-9-19(10-14-27)29-22-4-2-1-3-21(22)26-24(29)31/h1-6,11-12,18-19H,7-10,13-17H2,(H,26,31). The topological polar surface area (TPSA) is 74.2 Å². The largest absolute Gasteiger partial charge is 0.342 e. The van der Waals surface area contributed by atoms with Gasteiger partial charge in [0.15, 0.2) is 0 Å². The minimum absolute atomic E-state index is 0.00102. The van der Waals surface area contributed by atoms with Gasteiger partial charge in [0.2, 0.25) is 5.91 Å². The van der Waals surface area contributed by atoms with Crippen LogP contribution in [0.5, 0.6) is 0 Å². The molecule has 8 heteroatoms. The number of H-pyrrole nitrogens is 1. The second-order valence-corrected chi connectivity index (χ2v) is 9.72. The van der Waals surface area contributed by atoms with Crippen LogP contribution in [0.3, 0.4) is 0 Å². The van der Waals surface area contributed by atoms with Gasteiger partial charge in [0, 0.05) is 55.6 Å². The predicted molar refractivity (Wildman–Crippen MR) is 127 cm³/mol. The molecular formula is C24H29N5O2S. The fourth-order valence-corrected chi connectivity index (χ4v) is 5.88. The summed E-state index contributed by atoms with van der Waals surface area (Å²) >= 11 is 1.58. The minimum atomic E-state index is 0.00102. The number of fused-ring (bicyclic) bond motifs is 1. The van der Waals surface area contributed by atoms with Crippen LogP contribution in [-0.4, -0.2) is 68.2 Å². The van der Waals surface area contributed by atoms with Gasteiger partial charge in [0.1, 0.15) is 0 Å². The lowest BCUT2D eigenvalue weighted by molar-refractivity contribution is -0.130. The van der Waals surface area contributed by atoms with Gasteiger partial charge in [-0.15, -0.1) is 11.8 Å². The Labute approximate surface area is 191 Å². The molecule has 1 amide bonds. The van der Waals surface area contributed by atoms with E-state index in [0.717, 1.165) is 67.8 Å². The van der Waals surface area contributed by atoms with Crippen molar-refractivity contribution in [1.29, 1.82) is 0 Å². The van der Waals surface area contributed by atoms with E-state index in [1.165, 1.54) is 0 Å². The Balaban J connectivity index is 1.11. The molecular weight excluding hydrogens is 422 g/mol. The van der Waals surface area contributed by atoms with Gasteiger partial charge in [0.25, 0.3) is 0 Å².